The summed E-state index contributed by atoms with van der Waals surface area (Å²) in [6.07, 6.45) is 2.31. The molecule has 5 aromatic rings. The van der Waals surface area contributed by atoms with Crippen molar-refractivity contribution in [2.75, 3.05) is 0 Å². The second-order valence-electron chi connectivity index (χ2n) is 7.31. The molecular weight excluding hydrogens is 364 g/mol. The van der Waals surface area contributed by atoms with Crippen molar-refractivity contribution in [2.24, 2.45) is 5.73 Å². The lowest BCUT2D eigenvalue weighted by atomic mass is 10.1. The van der Waals surface area contributed by atoms with E-state index in [9.17, 15) is 0 Å². The van der Waals surface area contributed by atoms with Crippen LogP contribution in [0.3, 0.4) is 0 Å². The molecule has 6 heteroatoms. The Balaban J connectivity index is 1.47. The highest BCUT2D eigenvalue weighted by Gasteiger charge is 2.22. The van der Waals surface area contributed by atoms with Gasteiger partial charge in [0.15, 0.2) is 17.1 Å². The van der Waals surface area contributed by atoms with E-state index in [1.54, 1.807) is 16.8 Å². The second kappa shape index (κ2) is 6.76. The number of hydrogen-bond donors (Lipinski definition) is 1. The minimum Gasteiger partial charge on any atom is -0.455 e. The molecule has 2 N–H and O–H groups in total. The van der Waals surface area contributed by atoms with Gasteiger partial charge in [-0.1, -0.05) is 48.5 Å². The molecule has 0 fully saturated rings. The maximum absolute atomic E-state index is 6.39. The van der Waals surface area contributed by atoms with E-state index in [1.165, 1.54) is 0 Å². The van der Waals surface area contributed by atoms with Crippen LogP contribution in [-0.2, 0) is 6.42 Å². The number of hydrogen-bond acceptors (Lipinski definition) is 5. The maximum atomic E-state index is 6.39. The number of para-hydroxylation sites is 1. The SMILES string of the molecule is CC(N)(Cc1ccccc1)Oc1ccc2ncc(-c3cc4ccccc4o3)n2n1. The number of rotatable bonds is 5. The molecule has 5 rings (SSSR count). The van der Waals surface area contributed by atoms with Crippen LogP contribution in [0.5, 0.6) is 5.88 Å². The van der Waals surface area contributed by atoms with Gasteiger partial charge in [0.2, 0.25) is 5.88 Å². The van der Waals surface area contributed by atoms with Gasteiger partial charge >= 0.3 is 0 Å². The van der Waals surface area contributed by atoms with Crippen molar-refractivity contribution in [2.45, 2.75) is 19.1 Å². The van der Waals surface area contributed by atoms with E-state index in [1.807, 2.05) is 73.7 Å². The zero-order valence-corrected chi connectivity index (χ0v) is 15.9. The molecule has 2 aromatic carbocycles. The fraction of sp³-hybridized carbons (Fsp3) is 0.130. The standard InChI is InChI=1S/C23H20N4O2/c1-23(24,14-16-7-3-2-4-8-16)29-22-12-11-21-25-15-18(27(21)26-22)20-13-17-9-5-6-10-19(17)28-20/h2-13,15H,14,24H2,1H3. The van der Waals surface area contributed by atoms with E-state index in [-0.39, 0.29) is 0 Å². The van der Waals surface area contributed by atoms with Crippen LogP contribution in [0.15, 0.2) is 83.4 Å². The number of nitrogens with two attached hydrogens (primary N) is 1. The predicted molar refractivity (Wildman–Crippen MR) is 112 cm³/mol. The van der Waals surface area contributed by atoms with Crippen molar-refractivity contribution >= 4 is 16.6 Å². The largest absolute Gasteiger partial charge is 0.455 e. The normalized spacial score (nSPS) is 13.6. The van der Waals surface area contributed by atoms with Crippen molar-refractivity contribution in [1.82, 2.24) is 14.6 Å². The number of furan rings is 1. The molecule has 144 valence electrons. The van der Waals surface area contributed by atoms with E-state index in [0.29, 0.717) is 23.7 Å². The Hall–Kier alpha value is -3.64. The second-order valence-corrected chi connectivity index (χ2v) is 7.31. The molecule has 0 aliphatic heterocycles. The highest BCUT2D eigenvalue weighted by molar-refractivity contribution is 5.82. The first kappa shape index (κ1) is 17.5. The number of benzene rings is 2. The van der Waals surface area contributed by atoms with E-state index >= 15 is 0 Å². The highest BCUT2D eigenvalue weighted by Crippen LogP contribution is 2.28. The van der Waals surface area contributed by atoms with Gasteiger partial charge in [-0.25, -0.2) is 9.50 Å². The lowest BCUT2D eigenvalue weighted by Crippen LogP contribution is -2.45. The Bertz CT molecular complexity index is 1260. The Morgan fingerprint density at radius 3 is 2.66 bits per heavy atom. The van der Waals surface area contributed by atoms with Crippen LogP contribution in [0.1, 0.15) is 12.5 Å². The molecule has 6 nitrogen and oxygen atoms in total. The minimum atomic E-state index is -0.901. The summed E-state index contributed by atoms with van der Waals surface area (Å²) in [7, 11) is 0. The van der Waals surface area contributed by atoms with E-state index in [4.69, 9.17) is 14.9 Å². The summed E-state index contributed by atoms with van der Waals surface area (Å²) in [4.78, 5) is 4.42. The van der Waals surface area contributed by atoms with Crippen LogP contribution < -0.4 is 10.5 Å². The van der Waals surface area contributed by atoms with Crippen LogP contribution in [0.4, 0.5) is 0 Å². The molecule has 0 aliphatic carbocycles. The molecule has 3 heterocycles. The van der Waals surface area contributed by atoms with Crippen molar-refractivity contribution in [1.29, 1.82) is 0 Å². The molecule has 0 amide bonds. The predicted octanol–water partition coefficient (Wildman–Crippen LogP) is 4.44. The molecular formula is C23H20N4O2. The van der Waals surface area contributed by atoms with Crippen molar-refractivity contribution in [3.8, 4) is 17.3 Å². The molecule has 0 saturated carbocycles. The first-order valence-corrected chi connectivity index (χ1v) is 9.43. The van der Waals surface area contributed by atoms with E-state index < -0.39 is 5.72 Å². The van der Waals surface area contributed by atoms with Crippen LogP contribution in [0, 0.1) is 0 Å². The average molecular weight is 384 g/mol. The van der Waals surface area contributed by atoms with Gasteiger partial charge in [-0.2, -0.15) is 0 Å². The Morgan fingerprint density at radius 2 is 1.83 bits per heavy atom. The Labute approximate surface area is 167 Å². The van der Waals surface area contributed by atoms with Crippen molar-refractivity contribution in [3.63, 3.8) is 0 Å². The van der Waals surface area contributed by atoms with Crippen LogP contribution in [0.2, 0.25) is 0 Å². The van der Waals surface area contributed by atoms with Gasteiger partial charge in [0.05, 0.1) is 6.20 Å². The molecule has 0 spiro atoms. The first-order chi connectivity index (χ1) is 14.1. The molecule has 0 radical (unpaired) electrons. The van der Waals surface area contributed by atoms with Crippen LogP contribution in [0.25, 0.3) is 28.1 Å². The van der Waals surface area contributed by atoms with Gasteiger partial charge in [-0.3, -0.25) is 5.73 Å². The summed E-state index contributed by atoms with van der Waals surface area (Å²) in [5, 5.41) is 5.63. The molecule has 0 saturated heterocycles. The van der Waals surface area contributed by atoms with Gasteiger partial charge in [-0.15, -0.1) is 5.10 Å². The molecule has 0 bridgehead atoms. The average Bonchev–Trinajstić information content (AvgIpc) is 3.31. The van der Waals surface area contributed by atoms with Gasteiger partial charge in [0, 0.05) is 17.9 Å². The summed E-state index contributed by atoms with van der Waals surface area (Å²) >= 11 is 0. The summed E-state index contributed by atoms with van der Waals surface area (Å²) in [5.74, 6) is 1.12. The Morgan fingerprint density at radius 1 is 1.03 bits per heavy atom. The minimum absolute atomic E-state index is 0.425. The maximum Gasteiger partial charge on any atom is 0.233 e. The zero-order valence-electron chi connectivity index (χ0n) is 15.9. The van der Waals surface area contributed by atoms with Gasteiger partial charge in [-0.05, 0) is 30.7 Å². The van der Waals surface area contributed by atoms with Gasteiger partial charge in [0.1, 0.15) is 11.3 Å². The number of imidazole rings is 1. The topological polar surface area (TPSA) is 78.6 Å². The summed E-state index contributed by atoms with van der Waals surface area (Å²) < 4.78 is 13.7. The lowest BCUT2D eigenvalue weighted by Gasteiger charge is -2.25. The molecule has 29 heavy (non-hydrogen) atoms. The fourth-order valence-corrected chi connectivity index (χ4v) is 3.46. The van der Waals surface area contributed by atoms with Gasteiger partial charge in [0.25, 0.3) is 0 Å². The third kappa shape index (κ3) is 3.46. The zero-order chi connectivity index (χ0) is 19.8. The lowest BCUT2D eigenvalue weighted by molar-refractivity contribution is 0.0888. The third-order valence-corrected chi connectivity index (χ3v) is 4.75. The number of nitrogens with zero attached hydrogens (tertiary/aromatic N) is 3. The van der Waals surface area contributed by atoms with E-state index in [2.05, 4.69) is 10.1 Å². The summed E-state index contributed by atoms with van der Waals surface area (Å²) in [6.45, 7) is 1.85. The highest BCUT2D eigenvalue weighted by atomic mass is 16.5. The van der Waals surface area contributed by atoms with E-state index in [0.717, 1.165) is 22.2 Å². The molecule has 0 aliphatic rings. The van der Waals surface area contributed by atoms with Crippen LogP contribution >= 0.6 is 0 Å². The smallest absolute Gasteiger partial charge is 0.233 e. The van der Waals surface area contributed by atoms with Gasteiger partial charge < -0.3 is 9.15 Å². The molecule has 1 unspecified atom stereocenters. The molecule has 1 atom stereocenters. The molecule has 3 aromatic heterocycles. The number of ether oxygens (including phenoxy) is 1. The number of aromatic nitrogens is 3. The first-order valence-electron chi connectivity index (χ1n) is 9.43. The monoisotopic (exact) mass is 384 g/mol. The Kier molecular flexibility index (Phi) is 4.07. The summed E-state index contributed by atoms with van der Waals surface area (Å²) in [5.41, 5.74) is 8.87. The summed E-state index contributed by atoms with van der Waals surface area (Å²) in [6, 6.07) is 23.5. The fourth-order valence-electron chi connectivity index (χ4n) is 3.46. The van der Waals surface area contributed by atoms with Crippen molar-refractivity contribution < 1.29 is 9.15 Å². The van der Waals surface area contributed by atoms with Crippen LogP contribution in [-0.4, -0.2) is 20.3 Å². The quantitative estimate of drug-likeness (QED) is 0.453. The third-order valence-electron chi connectivity index (χ3n) is 4.75. The number of fused-ring (bicyclic) bond motifs is 2. The van der Waals surface area contributed by atoms with Crippen molar-refractivity contribution in [3.05, 3.63) is 84.6 Å².